The monoisotopic (exact) mass is 441 g/mol. The van der Waals surface area contributed by atoms with E-state index >= 15 is 0 Å². The summed E-state index contributed by atoms with van der Waals surface area (Å²) in [5.41, 5.74) is 2.23. The number of carbonyl (C=O) groups is 2. The van der Waals surface area contributed by atoms with Gasteiger partial charge in [-0.2, -0.15) is 0 Å². The van der Waals surface area contributed by atoms with Crippen LogP contribution >= 0.6 is 0 Å². The fraction of sp³-hybridized carbons (Fsp3) is 0.417. The molecule has 2 aromatic rings. The molecule has 0 aromatic heterocycles. The smallest absolute Gasteiger partial charge is 0.254 e. The number of benzene rings is 2. The van der Waals surface area contributed by atoms with Crippen molar-refractivity contribution in [2.75, 3.05) is 63.3 Å². The van der Waals surface area contributed by atoms with E-state index in [0.717, 1.165) is 32.0 Å². The molecule has 1 aliphatic rings. The molecule has 1 N–H and O–H groups in total. The lowest BCUT2D eigenvalue weighted by atomic mass is 10.1. The minimum absolute atomic E-state index is 0.0451. The number of hydrogen-bond acceptors (Lipinski definition) is 6. The van der Waals surface area contributed by atoms with Crippen LogP contribution in [0, 0.1) is 0 Å². The molecule has 32 heavy (non-hydrogen) atoms. The van der Waals surface area contributed by atoms with Gasteiger partial charge in [-0.05, 0) is 56.3 Å². The predicted molar refractivity (Wildman–Crippen MR) is 124 cm³/mol. The Labute approximate surface area is 189 Å². The lowest BCUT2D eigenvalue weighted by Crippen LogP contribution is -2.38. The number of ether oxygens (including phenoxy) is 3. The number of methoxy groups -OCH3 is 1. The quantitative estimate of drug-likeness (QED) is 0.644. The van der Waals surface area contributed by atoms with Crippen LogP contribution < -0.4 is 19.7 Å². The maximum atomic E-state index is 13.0. The van der Waals surface area contributed by atoms with Crippen LogP contribution in [0.2, 0.25) is 0 Å². The van der Waals surface area contributed by atoms with Crippen molar-refractivity contribution in [3.63, 3.8) is 0 Å². The maximum Gasteiger partial charge on any atom is 0.254 e. The van der Waals surface area contributed by atoms with Gasteiger partial charge in [0.05, 0.1) is 26.9 Å². The first-order valence-corrected chi connectivity index (χ1v) is 10.9. The Hall–Kier alpha value is -3.26. The minimum atomic E-state index is -0.252. The van der Waals surface area contributed by atoms with E-state index < -0.39 is 0 Å². The topological polar surface area (TPSA) is 80.3 Å². The second kappa shape index (κ2) is 11.4. The van der Waals surface area contributed by atoms with Crippen LogP contribution in [0.25, 0.3) is 0 Å². The molecule has 1 heterocycles. The molecule has 1 saturated heterocycles. The molecule has 1 aliphatic heterocycles. The average molecular weight is 442 g/mol. The Morgan fingerprint density at radius 1 is 1.06 bits per heavy atom. The highest BCUT2D eigenvalue weighted by Crippen LogP contribution is 2.28. The number of carbonyl (C=O) groups excluding carboxylic acids is 2. The Kier molecular flexibility index (Phi) is 8.33. The summed E-state index contributed by atoms with van der Waals surface area (Å²) >= 11 is 0. The Bertz CT molecular complexity index is 910. The summed E-state index contributed by atoms with van der Waals surface area (Å²) in [6.45, 7) is 7.68. The molecule has 0 spiro atoms. The van der Waals surface area contributed by atoms with Crippen molar-refractivity contribution in [2.24, 2.45) is 0 Å². The van der Waals surface area contributed by atoms with Gasteiger partial charge in [0.25, 0.3) is 5.91 Å². The van der Waals surface area contributed by atoms with Crippen molar-refractivity contribution in [1.29, 1.82) is 0 Å². The summed E-state index contributed by atoms with van der Waals surface area (Å²) in [5.74, 6) is 0.568. The highest BCUT2D eigenvalue weighted by molar-refractivity contribution is 5.99. The summed E-state index contributed by atoms with van der Waals surface area (Å²) < 4.78 is 16.2. The standard InChI is InChI=1S/C24H31N3O5/c1-4-26(24(29)18-6-11-21(30-3)22(16-18)32-5-2)17-23(28)25-19-7-9-20(10-8-19)27-12-14-31-15-13-27/h6-11,16H,4-5,12-15,17H2,1-3H3,(H,25,28). The molecule has 2 aromatic carbocycles. The molecular formula is C24H31N3O5. The molecule has 2 amide bonds. The first-order chi connectivity index (χ1) is 15.5. The first kappa shape index (κ1) is 23.4. The highest BCUT2D eigenvalue weighted by Gasteiger charge is 2.19. The fourth-order valence-electron chi connectivity index (χ4n) is 3.54. The zero-order chi connectivity index (χ0) is 22.9. The van der Waals surface area contributed by atoms with Gasteiger partial charge >= 0.3 is 0 Å². The van der Waals surface area contributed by atoms with Gasteiger partial charge in [0.1, 0.15) is 6.54 Å². The third-order valence-electron chi connectivity index (χ3n) is 5.24. The molecule has 0 aliphatic carbocycles. The lowest BCUT2D eigenvalue weighted by Gasteiger charge is -2.29. The molecule has 3 rings (SSSR count). The van der Waals surface area contributed by atoms with Crippen molar-refractivity contribution in [1.82, 2.24) is 4.90 Å². The molecule has 0 saturated carbocycles. The number of rotatable bonds is 9. The summed E-state index contributed by atoms with van der Waals surface area (Å²) in [6.07, 6.45) is 0. The fourth-order valence-corrected chi connectivity index (χ4v) is 3.54. The second-order valence-electron chi connectivity index (χ2n) is 7.31. The van der Waals surface area contributed by atoms with Crippen molar-refractivity contribution < 1.29 is 23.8 Å². The van der Waals surface area contributed by atoms with E-state index in [9.17, 15) is 9.59 Å². The number of nitrogens with one attached hydrogen (secondary N) is 1. The Morgan fingerprint density at radius 3 is 2.41 bits per heavy atom. The summed E-state index contributed by atoms with van der Waals surface area (Å²) in [5, 5.41) is 2.87. The minimum Gasteiger partial charge on any atom is -0.493 e. The Morgan fingerprint density at radius 2 is 1.78 bits per heavy atom. The number of nitrogens with zero attached hydrogens (tertiary/aromatic N) is 2. The molecule has 1 fully saturated rings. The van der Waals surface area contributed by atoms with Gasteiger partial charge in [-0.3, -0.25) is 9.59 Å². The summed E-state index contributed by atoms with van der Waals surface area (Å²) in [4.78, 5) is 29.3. The molecular weight excluding hydrogens is 410 g/mol. The van der Waals surface area contributed by atoms with Crippen LogP contribution in [0.3, 0.4) is 0 Å². The van der Waals surface area contributed by atoms with Crippen LogP contribution in [-0.4, -0.2) is 69.8 Å². The van der Waals surface area contributed by atoms with E-state index in [0.29, 0.717) is 35.9 Å². The van der Waals surface area contributed by atoms with Crippen molar-refractivity contribution in [3.05, 3.63) is 48.0 Å². The molecule has 0 bridgehead atoms. The SMILES string of the molecule is CCOc1cc(C(=O)N(CC)CC(=O)Nc2ccc(N3CCOCC3)cc2)ccc1OC. The molecule has 172 valence electrons. The van der Waals surface area contributed by atoms with Crippen LogP contribution in [0.1, 0.15) is 24.2 Å². The third-order valence-corrected chi connectivity index (χ3v) is 5.24. The van der Waals surface area contributed by atoms with Crippen LogP contribution in [0.5, 0.6) is 11.5 Å². The zero-order valence-electron chi connectivity index (χ0n) is 18.9. The molecule has 8 nitrogen and oxygen atoms in total. The number of morpholine rings is 1. The van der Waals surface area contributed by atoms with Crippen molar-refractivity contribution in [3.8, 4) is 11.5 Å². The zero-order valence-corrected chi connectivity index (χ0v) is 18.9. The maximum absolute atomic E-state index is 13.0. The molecule has 8 heteroatoms. The number of hydrogen-bond donors (Lipinski definition) is 1. The molecule has 0 unspecified atom stereocenters. The lowest BCUT2D eigenvalue weighted by molar-refractivity contribution is -0.116. The molecule has 0 atom stereocenters. The van der Waals surface area contributed by atoms with Crippen LogP contribution in [0.4, 0.5) is 11.4 Å². The third kappa shape index (κ3) is 5.91. The van der Waals surface area contributed by atoms with E-state index in [2.05, 4.69) is 10.2 Å². The first-order valence-electron chi connectivity index (χ1n) is 10.9. The molecule has 0 radical (unpaired) electrons. The van der Waals surface area contributed by atoms with E-state index in [4.69, 9.17) is 14.2 Å². The number of amides is 2. The van der Waals surface area contributed by atoms with E-state index in [1.807, 2.05) is 38.1 Å². The van der Waals surface area contributed by atoms with E-state index in [1.165, 1.54) is 4.90 Å². The van der Waals surface area contributed by atoms with Crippen molar-refractivity contribution in [2.45, 2.75) is 13.8 Å². The van der Waals surface area contributed by atoms with Crippen LogP contribution in [-0.2, 0) is 9.53 Å². The largest absolute Gasteiger partial charge is 0.493 e. The van der Waals surface area contributed by atoms with E-state index in [-0.39, 0.29) is 18.4 Å². The van der Waals surface area contributed by atoms with Gasteiger partial charge in [0.2, 0.25) is 5.91 Å². The van der Waals surface area contributed by atoms with Crippen molar-refractivity contribution >= 4 is 23.2 Å². The normalized spacial score (nSPS) is 13.4. The average Bonchev–Trinajstić information content (AvgIpc) is 2.83. The van der Waals surface area contributed by atoms with Gasteiger partial charge in [0.15, 0.2) is 11.5 Å². The van der Waals surface area contributed by atoms with Gasteiger partial charge in [-0.1, -0.05) is 0 Å². The van der Waals surface area contributed by atoms with E-state index in [1.54, 1.807) is 25.3 Å². The number of anilines is 2. The second-order valence-corrected chi connectivity index (χ2v) is 7.31. The highest BCUT2D eigenvalue weighted by atomic mass is 16.5. The van der Waals surface area contributed by atoms with Gasteiger partial charge in [-0.25, -0.2) is 0 Å². The number of likely N-dealkylation sites (N-methyl/N-ethyl adjacent to an activating group) is 1. The van der Waals surface area contributed by atoms with Gasteiger partial charge in [0, 0.05) is 36.6 Å². The van der Waals surface area contributed by atoms with Crippen LogP contribution in [0.15, 0.2) is 42.5 Å². The summed E-state index contributed by atoms with van der Waals surface area (Å²) in [6, 6.07) is 12.7. The Balaban J connectivity index is 1.61. The van der Waals surface area contributed by atoms with Gasteiger partial charge < -0.3 is 29.3 Å². The predicted octanol–water partition coefficient (Wildman–Crippen LogP) is 3.03. The van der Waals surface area contributed by atoms with Gasteiger partial charge in [-0.15, -0.1) is 0 Å². The summed E-state index contributed by atoms with van der Waals surface area (Å²) in [7, 11) is 1.55.